The van der Waals surface area contributed by atoms with E-state index in [0.29, 0.717) is 24.0 Å². The van der Waals surface area contributed by atoms with E-state index in [-0.39, 0.29) is 29.6 Å². The van der Waals surface area contributed by atoms with Gasteiger partial charge >= 0.3 is 0 Å². The standard InChI is InChI=1S/C41H50N6O2/c1-7-27-11-10-13-31-34(25-42-37(27)31)33(23-36(48)28-17-19-29(20-18-28)41(2,3)4)39(49)43-24-26-15-21-30(22-16-26)44-40-45-35-14-9-8-12-32(35)38(46-40)47(5)6/h8-14,17-20,25-26,30,33,42H,7,15-16,21-24H2,1-6H3,(H,43,49)(H,44,45,46)/t26-,30+,33?. The highest BCUT2D eigenvalue weighted by Crippen LogP contribution is 2.33. The maximum Gasteiger partial charge on any atom is 0.228 e. The van der Waals surface area contributed by atoms with Gasteiger partial charge in [0.1, 0.15) is 5.82 Å². The van der Waals surface area contributed by atoms with E-state index in [1.165, 1.54) is 11.1 Å². The topological polar surface area (TPSA) is 103 Å². The minimum absolute atomic E-state index is 0.0000479. The molecule has 2 aromatic heterocycles. The molecule has 8 heteroatoms. The van der Waals surface area contributed by atoms with Crippen LogP contribution in [0, 0.1) is 5.92 Å². The molecule has 0 aliphatic heterocycles. The number of fused-ring (bicyclic) bond motifs is 2. The summed E-state index contributed by atoms with van der Waals surface area (Å²) in [6.07, 6.45) is 6.85. The van der Waals surface area contributed by atoms with Crippen LogP contribution in [0.15, 0.2) is 72.9 Å². The van der Waals surface area contributed by atoms with Crippen molar-refractivity contribution < 1.29 is 9.59 Å². The Labute approximate surface area is 290 Å². The second-order valence-electron chi connectivity index (χ2n) is 14.8. The minimum Gasteiger partial charge on any atom is -0.362 e. The maximum absolute atomic E-state index is 14.0. The summed E-state index contributed by atoms with van der Waals surface area (Å²) in [7, 11) is 4.01. The number of nitrogens with zero attached hydrogens (tertiary/aromatic N) is 3. The molecule has 1 aliphatic carbocycles. The summed E-state index contributed by atoms with van der Waals surface area (Å²) in [5.41, 5.74) is 5.86. The third-order valence-electron chi connectivity index (χ3n) is 10.1. The van der Waals surface area contributed by atoms with Gasteiger partial charge < -0.3 is 20.5 Å². The molecule has 6 rings (SSSR count). The van der Waals surface area contributed by atoms with Gasteiger partial charge in [0, 0.05) is 61.2 Å². The number of aromatic nitrogens is 3. The van der Waals surface area contributed by atoms with Gasteiger partial charge in [0.25, 0.3) is 0 Å². The Balaban J connectivity index is 1.12. The number of aromatic amines is 1. The SMILES string of the molecule is CCc1cccc2c(C(CC(=O)c3ccc(C(C)(C)C)cc3)C(=O)NC[C@H]3CC[C@@H](Nc4nc(N(C)C)c5ccccc5n4)CC3)c[nH]c12. The quantitative estimate of drug-likeness (QED) is 0.124. The molecular weight excluding hydrogens is 608 g/mol. The molecule has 2 heterocycles. The molecule has 0 radical (unpaired) electrons. The first kappa shape index (κ1) is 34.2. The van der Waals surface area contributed by atoms with E-state index in [2.05, 4.69) is 61.5 Å². The van der Waals surface area contributed by atoms with Crippen LogP contribution in [0.25, 0.3) is 21.8 Å². The van der Waals surface area contributed by atoms with Gasteiger partial charge in [-0.1, -0.05) is 82.3 Å². The summed E-state index contributed by atoms with van der Waals surface area (Å²) in [6.45, 7) is 9.21. The van der Waals surface area contributed by atoms with E-state index < -0.39 is 5.92 Å². The van der Waals surface area contributed by atoms with Gasteiger partial charge in [-0.3, -0.25) is 9.59 Å². The first-order valence-corrected chi connectivity index (χ1v) is 17.7. The fourth-order valence-electron chi connectivity index (χ4n) is 7.15. The molecule has 1 fully saturated rings. The molecule has 5 aromatic rings. The number of amides is 1. The van der Waals surface area contributed by atoms with E-state index >= 15 is 0 Å². The van der Waals surface area contributed by atoms with Crippen LogP contribution in [-0.2, 0) is 16.6 Å². The number of nitrogens with one attached hydrogen (secondary N) is 3. The summed E-state index contributed by atoms with van der Waals surface area (Å²) in [4.78, 5) is 42.8. The molecule has 8 nitrogen and oxygen atoms in total. The first-order valence-electron chi connectivity index (χ1n) is 17.7. The summed E-state index contributed by atoms with van der Waals surface area (Å²) in [6, 6.07) is 22.4. The van der Waals surface area contributed by atoms with Crippen molar-refractivity contribution >= 4 is 45.3 Å². The van der Waals surface area contributed by atoms with Crippen molar-refractivity contribution in [2.75, 3.05) is 30.9 Å². The molecule has 1 saturated carbocycles. The smallest absolute Gasteiger partial charge is 0.228 e. The van der Waals surface area contributed by atoms with Gasteiger partial charge in [-0.15, -0.1) is 0 Å². The lowest BCUT2D eigenvalue weighted by atomic mass is 9.85. The zero-order valence-corrected chi connectivity index (χ0v) is 29.8. The number of anilines is 2. The van der Waals surface area contributed by atoms with Crippen LogP contribution in [0.4, 0.5) is 11.8 Å². The van der Waals surface area contributed by atoms with Gasteiger partial charge in [0.05, 0.1) is 11.4 Å². The van der Waals surface area contributed by atoms with Crippen LogP contribution in [0.1, 0.15) is 92.8 Å². The summed E-state index contributed by atoms with van der Waals surface area (Å²) >= 11 is 0. The lowest BCUT2D eigenvalue weighted by molar-refractivity contribution is -0.122. The van der Waals surface area contributed by atoms with Gasteiger partial charge in [-0.25, -0.2) is 4.98 Å². The van der Waals surface area contributed by atoms with Crippen molar-refractivity contribution in [1.82, 2.24) is 20.3 Å². The van der Waals surface area contributed by atoms with E-state index in [4.69, 9.17) is 9.97 Å². The second kappa shape index (κ2) is 14.4. The zero-order valence-electron chi connectivity index (χ0n) is 29.8. The van der Waals surface area contributed by atoms with E-state index in [1.54, 1.807) is 0 Å². The molecule has 1 aliphatic rings. The molecule has 256 valence electrons. The van der Waals surface area contributed by atoms with E-state index in [0.717, 1.165) is 65.3 Å². The molecule has 3 aromatic carbocycles. The lowest BCUT2D eigenvalue weighted by Crippen LogP contribution is -2.37. The molecule has 1 unspecified atom stereocenters. The van der Waals surface area contributed by atoms with Crippen molar-refractivity contribution in [3.8, 4) is 0 Å². The van der Waals surface area contributed by atoms with Gasteiger partial charge in [-0.05, 0) is 72.3 Å². The number of ketones is 1. The van der Waals surface area contributed by atoms with Crippen LogP contribution in [0.3, 0.4) is 0 Å². The van der Waals surface area contributed by atoms with Crippen molar-refractivity contribution in [3.05, 3.63) is 95.2 Å². The average molecular weight is 659 g/mol. The Morgan fingerprint density at radius 1 is 0.918 bits per heavy atom. The molecule has 0 bridgehead atoms. The third kappa shape index (κ3) is 7.64. The van der Waals surface area contributed by atoms with E-state index in [1.807, 2.05) is 73.7 Å². The zero-order chi connectivity index (χ0) is 34.7. The fourth-order valence-corrected chi connectivity index (χ4v) is 7.15. The summed E-state index contributed by atoms with van der Waals surface area (Å²) in [5, 5.41) is 8.90. The number of rotatable bonds is 11. The predicted octanol–water partition coefficient (Wildman–Crippen LogP) is 8.18. The Hall–Kier alpha value is -4.72. The predicted molar refractivity (Wildman–Crippen MR) is 201 cm³/mol. The Kier molecular flexibility index (Phi) is 10.0. The number of carbonyl (C=O) groups excluding carboxylic acids is 2. The van der Waals surface area contributed by atoms with Crippen molar-refractivity contribution in [2.24, 2.45) is 5.92 Å². The van der Waals surface area contributed by atoms with Gasteiger partial charge in [0.2, 0.25) is 11.9 Å². The minimum atomic E-state index is -0.593. The number of aryl methyl sites for hydroxylation is 1. The molecule has 1 atom stereocenters. The summed E-state index contributed by atoms with van der Waals surface area (Å²) in [5.74, 6) is 1.22. The number of hydrogen-bond donors (Lipinski definition) is 3. The van der Waals surface area contributed by atoms with Crippen LogP contribution in [-0.4, -0.2) is 53.3 Å². The van der Waals surface area contributed by atoms with Gasteiger partial charge in [-0.2, -0.15) is 4.98 Å². The van der Waals surface area contributed by atoms with Crippen molar-refractivity contribution in [1.29, 1.82) is 0 Å². The molecule has 1 amide bonds. The van der Waals surface area contributed by atoms with Crippen molar-refractivity contribution in [3.63, 3.8) is 0 Å². The highest BCUT2D eigenvalue weighted by Gasteiger charge is 2.29. The third-order valence-corrected chi connectivity index (χ3v) is 10.1. The number of benzene rings is 3. The number of carbonyl (C=O) groups is 2. The second-order valence-corrected chi connectivity index (χ2v) is 14.8. The lowest BCUT2D eigenvalue weighted by Gasteiger charge is -2.30. The summed E-state index contributed by atoms with van der Waals surface area (Å²) < 4.78 is 0. The first-order chi connectivity index (χ1) is 23.5. The Morgan fingerprint density at radius 2 is 1.63 bits per heavy atom. The average Bonchev–Trinajstić information content (AvgIpc) is 3.53. The Morgan fingerprint density at radius 3 is 2.33 bits per heavy atom. The molecule has 49 heavy (non-hydrogen) atoms. The molecule has 0 saturated heterocycles. The van der Waals surface area contributed by atoms with Crippen LogP contribution < -0.4 is 15.5 Å². The highest BCUT2D eigenvalue weighted by molar-refractivity contribution is 6.02. The van der Waals surface area contributed by atoms with Crippen LogP contribution in [0.5, 0.6) is 0 Å². The Bertz CT molecular complexity index is 1930. The molecular formula is C41H50N6O2. The molecule has 3 N–H and O–H groups in total. The fraction of sp³-hybridized carbons (Fsp3) is 0.415. The molecule has 0 spiro atoms. The monoisotopic (exact) mass is 658 g/mol. The maximum atomic E-state index is 14.0. The number of H-pyrrole nitrogens is 1. The van der Waals surface area contributed by atoms with Crippen molar-refractivity contribution in [2.45, 2.75) is 83.6 Å². The highest BCUT2D eigenvalue weighted by atomic mass is 16.2. The number of Topliss-reactive ketones (excluding diaryl/α,β-unsaturated/α-hetero) is 1. The largest absolute Gasteiger partial charge is 0.362 e. The normalized spacial score (nSPS) is 17.2. The number of para-hydroxylation sites is 2. The number of hydrogen-bond acceptors (Lipinski definition) is 6. The van der Waals surface area contributed by atoms with Gasteiger partial charge in [0.15, 0.2) is 5.78 Å². The van der Waals surface area contributed by atoms with E-state index in [9.17, 15) is 9.59 Å². The van der Waals surface area contributed by atoms with Crippen LogP contribution in [0.2, 0.25) is 0 Å². The van der Waals surface area contributed by atoms with Crippen LogP contribution >= 0.6 is 0 Å².